The van der Waals surface area contributed by atoms with E-state index in [0.717, 1.165) is 12.8 Å². The van der Waals surface area contributed by atoms with E-state index in [1.807, 2.05) is 6.92 Å². The van der Waals surface area contributed by atoms with Crippen molar-refractivity contribution in [2.75, 3.05) is 12.3 Å². The maximum Gasteiger partial charge on any atom is 0.215 e. The van der Waals surface area contributed by atoms with E-state index in [-0.39, 0.29) is 11.7 Å². The Labute approximate surface area is 104 Å². The summed E-state index contributed by atoms with van der Waals surface area (Å²) in [6.07, 6.45) is 3.29. The molecule has 1 aliphatic heterocycles. The van der Waals surface area contributed by atoms with Gasteiger partial charge < -0.3 is 0 Å². The van der Waals surface area contributed by atoms with Gasteiger partial charge in [0.15, 0.2) is 0 Å². The average Bonchev–Trinajstić information content (AvgIpc) is 2.54. The molecule has 0 aromatic carbocycles. The van der Waals surface area contributed by atoms with Crippen LogP contribution in [0.4, 0.5) is 0 Å². The monoisotopic (exact) mass is 256 g/mol. The summed E-state index contributed by atoms with van der Waals surface area (Å²) in [5.74, 6) is 0.954. The van der Waals surface area contributed by atoms with Gasteiger partial charge in [-0.1, -0.05) is 13.8 Å². The van der Waals surface area contributed by atoms with Crippen LogP contribution in [0.5, 0.6) is 0 Å². The van der Waals surface area contributed by atoms with Gasteiger partial charge in [-0.2, -0.15) is 9.57 Å². The minimum Gasteiger partial charge on any atom is -0.212 e. The Morgan fingerprint density at radius 2 is 1.82 bits per heavy atom. The molecule has 1 saturated carbocycles. The number of nitrogens with zero attached hydrogens (tertiary/aromatic N) is 2. The minimum atomic E-state index is -3.21. The third-order valence-electron chi connectivity index (χ3n) is 4.10. The van der Waals surface area contributed by atoms with Crippen molar-refractivity contribution in [3.05, 3.63) is 0 Å². The van der Waals surface area contributed by atoms with Crippen LogP contribution in [0.3, 0.4) is 0 Å². The molecule has 0 spiro atoms. The average molecular weight is 256 g/mol. The van der Waals surface area contributed by atoms with Gasteiger partial charge in [0.2, 0.25) is 10.0 Å². The largest absolute Gasteiger partial charge is 0.215 e. The molecule has 2 rings (SSSR count). The summed E-state index contributed by atoms with van der Waals surface area (Å²) in [5, 5.41) is 9.45. The van der Waals surface area contributed by atoms with Crippen molar-refractivity contribution >= 4 is 10.0 Å². The lowest BCUT2D eigenvalue weighted by Crippen LogP contribution is -2.50. The summed E-state index contributed by atoms with van der Waals surface area (Å²) in [5.41, 5.74) is -0.754. The van der Waals surface area contributed by atoms with Gasteiger partial charge in [0, 0.05) is 6.54 Å². The highest BCUT2D eigenvalue weighted by Crippen LogP contribution is 2.40. The summed E-state index contributed by atoms with van der Waals surface area (Å²) < 4.78 is 25.7. The smallest absolute Gasteiger partial charge is 0.212 e. The van der Waals surface area contributed by atoms with Crippen molar-refractivity contribution in [3.63, 3.8) is 0 Å². The number of hydrogen-bond acceptors (Lipinski definition) is 3. The molecule has 96 valence electrons. The highest BCUT2D eigenvalue weighted by molar-refractivity contribution is 7.89. The van der Waals surface area contributed by atoms with Crippen molar-refractivity contribution in [1.82, 2.24) is 4.31 Å². The molecule has 1 heterocycles. The van der Waals surface area contributed by atoms with Gasteiger partial charge in [0.1, 0.15) is 5.54 Å². The number of rotatable bonds is 1. The lowest BCUT2D eigenvalue weighted by Gasteiger charge is -2.39. The molecule has 1 atom stereocenters. The van der Waals surface area contributed by atoms with Gasteiger partial charge >= 0.3 is 0 Å². The van der Waals surface area contributed by atoms with E-state index >= 15 is 0 Å². The van der Waals surface area contributed by atoms with Gasteiger partial charge in [0.25, 0.3) is 0 Å². The maximum absolute atomic E-state index is 12.1. The Morgan fingerprint density at radius 1 is 1.24 bits per heavy atom. The van der Waals surface area contributed by atoms with Crippen LogP contribution >= 0.6 is 0 Å². The molecular weight excluding hydrogens is 236 g/mol. The zero-order chi connectivity index (χ0) is 12.7. The van der Waals surface area contributed by atoms with E-state index in [9.17, 15) is 13.7 Å². The Hall–Kier alpha value is -0.600. The lowest BCUT2D eigenvalue weighted by atomic mass is 9.78. The van der Waals surface area contributed by atoms with Crippen molar-refractivity contribution in [3.8, 4) is 6.07 Å². The Kier molecular flexibility index (Phi) is 3.21. The van der Waals surface area contributed by atoms with Gasteiger partial charge in [-0.05, 0) is 37.5 Å². The zero-order valence-corrected chi connectivity index (χ0v) is 11.3. The highest BCUT2D eigenvalue weighted by atomic mass is 32.2. The summed E-state index contributed by atoms with van der Waals surface area (Å²) in [7, 11) is -3.21. The van der Waals surface area contributed by atoms with Crippen LogP contribution in [0.25, 0.3) is 0 Å². The van der Waals surface area contributed by atoms with E-state index in [1.165, 1.54) is 4.31 Å². The van der Waals surface area contributed by atoms with Crippen molar-refractivity contribution in [2.24, 2.45) is 11.8 Å². The van der Waals surface area contributed by atoms with E-state index in [4.69, 9.17) is 0 Å². The standard InChI is InChI=1S/C12H20N2O2S/c1-10-3-5-12(9-13,6-4-10)14-7-11(2)8-17(14,15)16/h10-11H,3-8H2,1-2H3. The van der Waals surface area contributed by atoms with Crippen LogP contribution < -0.4 is 0 Å². The predicted octanol–water partition coefficient (Wildman–Crippen LogP) is 1.74. The second-order valence-corrected chi connectivity index (χ2v) is 7.68. The summed E-state index contributed by atoms with van der Waals surface area (Å²) in [6, 6.07) is 2.30. The Balaban J connectivity index is 2.28. The third kappa shape index (κ3) is 2.21. The molecule has 1 saturated heterocycles. The number of hydrogen-bond donors (Lipinski definition) is 0. The molecule has 2 aliphatic rings. The molecule has 4 nitrogen and oxygen atoms in total. The molecule has 1 aliphatic carbocycles. The quantitative estimate of drug-likeness (QED) is 0.718. The van der Waals surface area contributed by atoms with Crippen LogP contribution in [0, 0.1) is 23.2 Å². The molecule has 5 heteroatoms. The molecular formula is C12H20N2O2S. The van der Waals surface area contributed by atoms with Crippen LogP contribution in [-0.2, 0) is 10.0 Å². The van der Waals surface area contributed by atoms with Gasteiger partial charge in [0.05, 0.1) is 11.8 Å². The SMILES string of the molecule is CC1CCC(C#N)(N2CC(C)CS2(=O)=O)CC1. The first kappa shape index (κ1) is 12.8. The van der Waals surface area contributed by atoms with Gasteiger partial charge in [-0.3, -0.25) is 0 Å². The van der Waals surface area contributed by atoms with E-state index in [1.54, 1.807) is 0 Å². The minimum absolute atomic E-state index is 0.143. The van der Waals surface area contributed by atoms with Crippen molar-refractivity contribution < 1.29 is 8.42 Å². The summed E-state index contributed by atoms with van der Waals surface area (Å²) >= 11 is 0. The van der Waals surface area contributed by atoms with E-state index < -0.39 is 15.6 Å². The first-order chi connectivity index (χ1) is 7.89. The van der Waals surface area contributed by atoms with E-state index in [2.05, 4.69) is 13.0 Å². The third-order valence-corrected chi connectivity index (χ3v) is 6.26. The fraction of sp³-hybridized carbons (Fsp3) is 0.917. The Morgan fingerprint density at radius 3 is 2.24 bits per heavy atom. The van der Waals surface area contributed by atoms with Gasteiger partial charge in [-0.15, -0.1) is 0 Å². The predicted molar refractivity (Wildman–Crippen MR) is 65.6 cm³/mol. The second kappa shape index (κ2) is 4.25. The molecule has 17 heavy (non-hydrogen) atoms. The van der Waals surface area contributed by atoms with Crippen LogP contribution in [0.2, 0.25) is 0 Å². The molecule has 1 unspecified atom stereocenters. The van der Waals surface area contributed by atoms with E-state index in [0.29, 0.717) is 25.3 Å². The molecule has 2 fully saturated rings. The summed E-state index contributed by atoms with van der Waals surface area (Å²) in [6.45, 7) is 4.63. The van der Waals surface area contributed by atoms with Gasteiger partial charge in [-0.25, -0.2) is 8.42 Å². The molecule has 0 N–H and O–H groups in total. The molecule has 0 aromatic heterocycles. The summed E-state index contributed by atoms with van der Waals surface area (Å²) in [4.78, 5) is 0. The van der Waals surface area contributed by atoms with Crippen molar-refractivity contribution in [2.45, 2.75) is 45.1 Å². The lowest BCUT2D eigenvalue weighted by molar-refractivity contribution is 0.162. The second-order valence-electron chi connectivity index (χ2n) is 5.74. The molecule has 0 aromatic rings. The van der Waals surface area contributed by atoms with Crippen LogP contribution in [-0.4, -0.2) is 30.6 Å². The highest BCUT2D eigenvalue weighted by Gasteiger charge is 2.49. The fourth-order valence-corrected chi connectivity index (χ4v) is 5.24. The fourth-order valence-electron chi connectivity index (χ4n) is 3.00. The van der Waals surface area contributed by atoms with Crippen LogP contribution in [0.15, 0.2) is 0 Å². The number of nitriles is 1. The molecule has 0 radical (unpaired) electrons. The Bertz CT molecular complexity index is 430. The number of sulfonamides is 1. The zero-order valence-electron chi connectivity index (χ0n) is 10.5. The molecule has 0 amide bonds. The molecule has 0 bridgehead atoms. The first-order valence-electron chi connectivity index (χ1n) is 6.31. The topological polar surface area (TPSA) is 61.2 Å². The first-order valence-corrected chi connectivity index (χ1v) is 7.92. The van der Waals surface area contributed by atoms with Crippen LogP contribution in [0.1, 0.15) is 39.5 Å². The van der Waals surface area contributed by atoms with Crippen molar-refractivity contribution in [1.29, 1.82) is 5.26 Å². The maximum atomic E-state index is 12.1. The normalized spacial score (nSPS) is 42.2.